The van der Waals surface area contributed by atoms with Crippen LogP contribution in [0.5, 0.6) is 0 Å². The van der Waals surface area contributed by atoms with E-state index in [1.54, 1.807) is 11.0 Å². The van der Waals surface area contributed by atoms with Crippen molar-refractivity contribution < 1.29 is 13.2 Å². The molecule has 7 heteroatoms. The van der Waals surface area contributed by atoms with Crippen LogP contribution < -0.4 is 10.0 Å². The summed E-state index contributed by atoms with van der Waals surface area (Å²) in [6, 6.07) is 23.3. The van der Waals surface area contributed by atoms with Gasteiger partial charge in [0.15, 0.2) is 0 Å². The molecule has 0 radical (unpaired) electrons. The molecular formula is C27H23N3O3S. The van der Waals surface area contributed by atoms with Crippen molar-refractivity contribution in [2.24, 2.45) is 11.1 Å². The van der Waals surface area contributed by atoms with Gasteiger partial charge in [-0.3, -0.25) is 4.79 Å². The Morgan fingerprint density at radius 1 is 0.912 bits per heavy atom. The van der Waals surface area contributed by atoms with E-state index in [1.807, 2.05) is 30.3 Å². The summed E-state index contributed by atoms with van der Waals surface area (Å²) in [7, 11) is -3.83. The molecule has 1 aromatic heterocycles. The van der Waals surface area contributed by atoms with Crippen molar-refractivity contribution in [2.45, 2.75) is 24.2 Å². The van der Waals surface area contributed by atoms with E-state index < -0.39 is 10.0 Å². The topological polar surface area (TPSA) is 93.4 Å². The number of amides is 1. The van der Waals surface area contributed by atoms with Crippen LogP contribution in [0.25, 0.3) is 22.2 Å². The smallest absolute Gasteiger partial charge is 0.238 e. The zero-order valence-electron chi connectivity index (χ0n) is 18.4. The van der Waals surface area contributed by atoms with Crippen LogP contribution >= 0.6 is 0 Å². The Hall–Kier alpha value is -3.55. The number of carbonyl (C=O) groups is 1. The zero-order chi connectivity index (χ0) is 23.4. The molecule has 0 fully saturated rings. The number of pyridine rings is 1. The Morgan fingerprint density at radius 3 is 2.56 bits per heavy atom. The Kier molecular flexibility index (Phi) is 4.79. The first-order valence-electron chi connectivity index (χ1n) is 11.3. The number of anilines is 1. The molecule has 6 rings (SSSR count). The van der Waals surface area contributed by atoms with E-state index in [1.165, 1.54) is 23.3 Å². The Labute approximate surface area is 198 Å². The minimum Gasteiger partial charge on any atom is -0.312 e. The van der Waals surface area contributed by atoms with E-state index in [2.05, 4.69) is 24.3 Å². The van der Waals surface area contributed by atoms with Gasteiger partial charge in [0, 0.05) is 29.1 Å². The fourth-order valence-electron chi connectivity index (χ4n) is 5.16. The number of nitrogens with zero attached hydrogens (tertiary/aromatic N) is 2. The summed E-state index contributed by atoms with van der Waals surface area (Å²) >= 11 is 0. The minimum absolute atomic E-state index is 0.0342. The largest absolute Gasteiger partial charge is 0.312 e. The molecule has 1 aliphatic carbocycles. The average Bonchev–Trinajstić information content (AvgIpc) is 3.46. The molecule has 2 N–H and O–H groups in total. The molecule has 1 aliphatic heterocycles. The highest BCUT2D eigenvalue weighted by molar-refractivity contribution is 7.89. The highest BCUT2D eigenvalue weighted by atomic mass is 32.2. The molecule has 6 nitrogen and oxygen atoms in total. The summed E-state index contributed by atoms with van der Waals surface area (Å²) in [5.41, 5.74) is 6.90. The maximum absolute atomic E-state index is 13.5. The summed E-state index contributed by atoms with van der Waals surface area (Å²) < 4.78 is 23.6. The molecule has 170 valence electrons. The van der Waals surface area contributed by atoms with Crippen LogP contribution in [0, 0.1) is 5.92 Å². The number of sulfonamides is 1. The van der Waals surface area contributed by atoms with Gasteiger partial charge in [0.2, 0.25) is 15.9 Å². The molecule has 0 bridgehead atoms. The molecule has 1 unspecified atom stereocenters. The highest BCUT2D eigenvalue weighted by Crippen LogP contribution is 2.36. The van der Waals surface area contributed by atoms with Gasteiger partial charge in [-0.1, -0.05) is 42.5 Å². The van der Waals surface area contributed by atoms with Crippen molar-refractivity contribution in [1.82, 2.24) is 4.98 Å². The average molecular weight is 470 g/mol. The van der Waals surface area contributed by atoms with Gasteiger partial charge in [-0.25, -0.2) is 18.5 Å². The van der Waals surface area contributed by atoms with Crippen LogP contribution in [0.3, 0.4) is 0 Å². The van der Waals surface area contributed by atoms with Crippen LogP contribution in [0.4, 0.5) is 5.69 Å². The van der Waals surface area contributed by atoms with E-state index in [0.29, 0.717) is 31.5 Å². The van der Waals surface area contributed by atoms with Gasteiger partial charge < -0.3 is 4.90 Å². The second kappa shape index (κ2) is 7.75. The number of benzene rings is 3. The van der Waals surface area contributed by atoms with Crippen LogP contribution in [-0.4, -0.2) is 25.9 Å². The van der Waals surface area contributed by atoms with E-state index in [-0.39, 0.29) is 16.7 Å². The highest BCUT2D eigenvalue weighted by Gasteiger charge is 2.34. The van der Waals surface area contributed by atoms with Crippen LogP contribution in [0.2, 0.25) is 0 Å². The lowest BCUT2D eigenvalue weighted by molar-refractivity contribution is -0.122. The van der Waals surface area contributed by atoms with E-state index in [0.717, 1.165) is 27.7 Å². The van der Waals surface area contributed by atoms with Crippen molar-refractivity contribution in [3.63, 3.8) is 0 Å². The predicted molar refractivity (Wildman–Crippen MR) is 132 cm³/mol. The summed E-state index contributed by atoms with van der Waals surface area (Å²) in [6.07, 6.45) is 2.06. The predicted octanol–water partition coefficient (Wildman–Crippen LogP) is 3.85. The molecular weight excluding hydrogens is 446 g/mol. The maximum Gasteiger partial charge on any atom is 0.238 e. The quantitative estimate of drug-likeness (QED) is 0.493. The number of primary sulfonamides is 1. The third-order valence-electron chi connectivity index (χ3n) is 6.93. The first-order valence-corrected chi connectivity index (χ1v) is 12.9. The lowest BCUT2D eigenvalue weighted by atomic mass is 10.0. The molecule has 2 aliphatic rings. The lowest BCUT2D eigenvalue weighted by Gasteiger charge is -2.21. The van der Waals surface area contributed by atoms with Gasteiger partial charge >= 0.3 is 0 Å². The third-order valence-corrected chi connectivity index (χ3v) is 7.84. The summed E-state index contributed by atoms with van der Waals surface area (Å²) in [4.78, 5) is 20.0. The first kappa shape index (κ1) is 21.0. The van der Waals surface area contributed by atoms with E-state index in [4.69, 9.17) is 10.1 Å². The van der Waals surface area contributed by atoms with Gasteiger partial charge in [0.1, 0.15) is 0 Å². The van der Waals surface area contributed by atoms with Crippen molar-refractivity contribution in [3.05, 3.63) is 89.5 Å². The van der Waals surface area contributed by atoms with Gasteiger partial charge in [-0.05, 0) is 66.3 Å². The van der Waals surface area contributed by atoms with Gasteiger partial charge in [0.25, 0.3) is 0 Å². The monoisotopic (exact) mass is 469 g/mol. The Balaban J connectivity index is 1.26. The summed E-state index contributed by atoms with van der Waals surface area (Å²) in [5, 5.41) is 6.41. The standard InChI is InChI=1S/C27H23N3O3S/c28-34(32,33)23-9-7-18-11-12-30(26(18)16-23)27(31)22-13-19-5-6-20(14-21(19)15-22)25-10-8-17-3-1-2-4-24(17)29-25/h1-10,14,16,22H,11-13,15H2,(H2,28,32,33). The Morgan fingerprint density at radius 2 is 1.71 bits per heavy atom. The minimum atomic E-state index is -3.83. The number of para-hydroxylation sites is 1. The number of carbonyl (C=O) groups excluding carboxylic acids is 1. The van der Waals surface area contributed by atoms with Crippen LogP contribution in [-0.2, 0) is 34.1 Å². The Bertz CT molecular complexity index is 1580. The lowest BCUT2D eigenvalue weighted by Crippen LogP contribution is -2.35. The van der Waals surface area contributed by atoms with Gasteiger partial charge in [0.05, 0.1) is 16.1 Å². The number of hydrogen-bond acceptors (Lipinski definition) is 4. The normalized spacial score (nSPS) is 17.1. The zero-order valence-corrected chi connectivity index (χ0v) is 19.3. The first-order chi connectivity index (χ1) is 16.4. The van der Waals surface area contributed by atoms with Crippen molar-refractivity contribution >= 4 is 32.5 Å². The molecule has 34 heavy (non-hydrogen) atoms. The molecule has 0 saturated heterocycles. The molecule has 1 amide bonds. The molecule has 1 atom stereocenters. The number of aromatic nitrogens is 1. The van der Waals surface area contributed by atoms with Crippen molar-refractivity contribution in [2.75, 3.05) is 11.4 Å². The summed E-state index contributed by atoms with van der Waals surface area (Å²) in [5.74, 6) is -0.134. The summed E-state index contributed by atoms with van der Waals surface area (Å²) in [6.45, 7) is 0.557. The second-order valence-electron chi connectivity index (χ2n) is 9.05. The second-order valence-corrected chi connectivity index (χ2v) is 10.6. The van der Waals surface area contributed by atoms with Crippen LogP contribution in [0.1, 0.15) is 16.7 Å². The molecule has 0 spiro atoms. The third kappa shape index (κ3) is 3.57. The van der Waals surface area contributed by atoms with Crippen molar-refractivity contribution in [3.8, 4) is 11.3 Å². The SMILES string of the molecule is NS(=O)(=O)c1ccc2c(c1)N(C(=O)C1Cc3ccc(-c4ccc5ccccc5n4)cc3C1)CC2. The molecule has 4 aromatic rings. The maximum atomic E-state index is 13.5. The number of nitrogens with two attached hydrogens (primary N) is 1. The van der Waals surface area contributed by atoms with E-state index >= 15 is 0 Å². The van der Waals surface area contributed by atoms with E-state index in [9.17, 15) is 13.2 Å². The molecule has 2 heterocycles. The number of fused-ring (bicyclic) bond motifs is 3. The van der Waals surface area contributed by atoms with Crippen LogP contribution in [0.15, 0.2) is 77.7 Å². The molecule has 3 aromatic carbocycles. The molecule has 0 saturated carbocycles. The fraction of sp³-hybridized carbons (Fsp3) is 0.185. The van der Waals surface area contributed by atoms with Gasteiger partial charge in [-0.2, -0.15) is 0 Å². The number of hydrogen-bond donors (Lipinski definition) is 1. The number of rotatable bonds is 3. The van der Waals surface area contributed by atoms with Crippen molar-refractivity contribution in [1.29, 1.82) is 0 Å². The van der Waals surface area contributed by atoms with Gasteiger partial charge in [-0.15, -0.1) is 0 Å². The fourth-order valence-corrected chi connectivity index (χ4v) is 5.70.